The normalized spacial score (nSPS) is 9.29. The molecule has 0 saturated carbocycles. The maximum atomic E-state index is 5.12. The van der Waals surface area contributed by atoms with Gasteiger partial charge in [-0.1, -0.05) is 0 Å². The van der Waals surface area contributed by atoms with Crippen molar-refractivity contribution in [1.29, 1.82) is 0 Å². The molecule has 0 bridgehead atoms. The van der Waals surface area contributed by atoms with Gasteiger partial charge in [-0.3, -0.25) is 0 Å². The van der Waals surface area contributed by atoms with Gasteiger partial charge in [0.1, 0.15) is 5.01 Å². The minimum Gasteiger partial charge on any atom is -0.320 e. The van der Waals surface area contributed by atoms with Gasteiger partial charge in [0.25, 0.3) is 0 Å². The largest absolute Gasteiger partial charge is 0.320 e. The van der Waals surface area contributed by atoms with E-state index in [1.807, 2.05) is 5.38 Å². The standard InChI is InChI=1S/C4H5N2S/c5-3-4-6-1-2-7-4/h1-3H,5H2. The highest BCUT2D eigenvalue weighted by Gasteiger charge is 1.85. The van der Waals surface area contributed by atoms with E-state index in [2.05, 4.69) is 4.98 Å². The molecule has 0 aliphatic rings. The van der Waals surface area contributed by atoms with Crippen molar-refractivity contribution in [1.82, 2.24) is 4.98 Å². The maximum Gasteiger partial charge on any atom is 0.111 e. The molecule has 0 amide bonds. The van der Waals surface area contributed by atoms with Crippen LogP contribution in [0.5, 0.6) is 0 Å². The monoisotopic (exact) mass is 113 g/mol. The van der Waals surface area contributed by atoms with Crippen LogP contribution < -0.4 is 5.73 Å². The molecule has 0 aromatic carbocycles. The van der Waals surface area contributed by atoms with Gasteiger partial charge in [-0.25, -0.2) is 4.98 Å². The van der Waals surface area contributed by atoms with Crippen molar-refractivity contribution in [2.75, 3.05) is 0 Å². The summed E-state index contributed by atoms with van der Waals surface area (Å²) in [4.78, 5) is 3.87. The van der Waals surface area contributed by atoms with E-state index < -0.39 is 0 Å². The Morgan fingerprint density at radius 2 is 2.71 bits per heavy atom. The number of nitrogens with zero attached hydrogens (tertiary/aromatic N) is 1. The number of thiazole rings is 1. The summed E-state index contributed by atoms with van der Waals surface area (Å²) >= 11 is 1.53. The summed E-state index contributed by atoms with van der Waals surface area (Å²) in [5.74, 6) is 0. The molecule has 0 spiro atoms. The maximum absolute atomic E-state index is 5.12. The van der Waals surface area contributed by atoms with Crippen LogP contribution in [0.25, 0.3) is 0 Å². The van der Waals surface area contributed by atoms with Gasteiger partial charge in [0.05, 0.1) is 6.54 Å². The number of rotatable bonds is 1. The summed E-state index contributed by atoms with van der Waals surface area (Å²) in [6, 6.07) is 0. The van der Waals surface area contributed by atoms with E-state index in [0.29, 0.717) is 0 Å². The fourth-order valence-electron chi connectivity index (χ4n) is 0.317. The van der Waals surface area contributed by atoms with E-state index in [-0.39, 0.29) is 0 Å². The molecule has 0 unspecified atom stereocenters. The fraction of sp³-hybridized carbons (Fsp3) is 0. The van der Waals surface area contributed by atoms with Crippen LogP contribution in [0, 0.1) is 6.54 Å². The van der Waals surface area contributed by atoms with Gasteiger partial charge < -0.3 is 5.73 Å². The van der Waals surface area contributed by atoms with Gasteiger partial charge in [-0.05, 0) is 0 Å². The molecule has 1 radical (unpaired) electrons. The average Bonchev–Trinajstić information content (AvgIpc) is 2.14. The third-order valence-electron chi connectivity index (χ3n) is 0.594. The quantitative estimate of drug-likeness (QED) is 0.579. The van der Waals surface area contributed by atoms with E-state index in [4.69, 9.17) is 5.73 Å². The molecule has 1 aromatic rings. The van der Waals surface area contributed by atoms with E-state index in [0.717, 1.165) is 5.01 Å². The molecule has 0 aliphatic heterocycles. The van der Waals surface area contributed by atoms with Gasteiger partial charge in [0, 0.05) is 11.6 Å². The molecule has 2 nitrogen and oxygen atoms in total. The third kappa shape index (κ3) is 0.976. The summed E-state index contributed by atoms with van der Waals surface area (Å²) in [5, 5.41) is 2.76. The second-order valence-corrected chi connectivity index (χ2v) is 1.96. The zero-order valence-electron chi connectivity index (χ0n) is 3.66. The Morgan fingerprint density at radius 1 is 1.86 bits per heavy atom. The Balaban J connectivity index is 2.76. The minimum atomic E-state index is 0.875. The first-order chi connectivity index (χ1) is 3.43. The van der Waals surface area contributed by atoms with Gasteiger partial charge >= 0.3 is 0 Å². The zero-order chi connectivity index (χ0) is 5.11. The van der Waals surface area contributed by atoms with Gasteiger partial charge in [0.15, 0.2) is 0 Å². The SMILES string of the molecule is N[CH]c1nccs1. The average molecular weight is 113 g/mol. The van der Waals surface area contributed by atoms with Crippen LogP contribution in [-0.4, -0.2) is 4.98 Å². The van der Waals surface area contributed by atoms with Crippen LogP contribution in [0.4, 0.5) is 0 Å². The molecule has 1 aromatic heterocycles. The molecule has 37 valence electrons. The molecular formula is C4H5N2S. The Bertz CT molecular complexity index is 124. The highest BCUT2D eigenvalue weighted by molar-refractivity contribution is 7.09. The summed E-state index contributed by atoms with van der Waals surface area (Å²) in [6.07, 6.45) is 1.73. The van der Waals surface area contributed by atoms with Crippen molar-refractivity contribution in [2.24, 2.45) is 5.73 Å². The molecule has 3 heteroatoms. The lowest BCUT2D eigenvalue weighted by molar-refractivity contribution is 1.26. The summed E-state index contributed by atoms with van der Waals surface area (Å²) in [7, 11) is 0. The molecule has 0 saturated heterocycles. The highest BCUT2D eigenvalue weighted by atomic mass is 32.1. The Hall–Kier alpha value is -0.410. The van der Waals surface area contributed by atoms with Crippen LogP contribution in [0.2, 0.25) is 0 Å². The van der Waals surface area contributed by atoms with Gasteiger partial charge in [-0.15, -0.1) is 11.3 Å². The van der Waals surface area contributed by atoms with E-state index in [1.54, 1.807) is 6.20 Å². The molecule has 0 fully saturated rings. The molecule has 7 heavy (non-hydrogen) atoms. The lowest BCUT2D eigenvalue weighted by Gasteiger charge is -1.77. The second-order valence-electron chi connectivity index (χ2n) is 1.04. The van der Waals surface area contributed by atoms with Crippen LogP contribution in [0.1, 0.15) is 5.01 Å². The van der Waals surface area contributed by atoms with Crippen LogP contribution in [-0.2, 0) is 0 Å². The van der Waals surface area contributed by atoms with Crippen LogP contribution in [0.3, 0.4) is 0 Å². The van der Waals surface area contributed by atoms with Crippen molar-refractivity contribution >= 4 is 11.3 Å². The predicted molar refractivity (Wildman–Crippen MR) is 29.7 cm³/mol. The Morgan fingerprint density at radius 3 is 3.00 bits per heavy atom. The molecule has 0 aliphatic carbocycles. The smallest absolute Gasteiger partial charge is 0.111 e. The van der Waals surface area contributed by atoms with E-state index in [9.17, 15) is 0 Å². The van der Waals surface area contributed by atoms with Crippen LogP contribution in [0.15, 0.2) is 11.6 Å². The first-order valence-electron chi connectivity index (χ1n) is 1.88. The van der Waals surface area contributed by atoms with Gasteiger partial charge in [0.2, 0.25) is 0 Å². The minimum absolute atomic E-state index is 0.875. The lowest BCUT2D eigenvalue weighted by atomic mass is 10.7. The van der Waals surface area contributed by atoms with Crippen molar-refractivity contribution < 1.29 is 0 Å². The van der Waals surface area contributed by atoms with Crippen LogP contribution >= 0.6 is 11.3 Å². The third-order valence-corrected chi connectivity index (χ3v) is 1.33. The summed E-state index contributed by atoms with van der Waals surface area (Å²) in [6.45, 7) is 1.49. The second kappa shape index (κ2) is 2.04. The lowest BCUT2D eigenvalue weighted by Crippen LogP contribution is -1.89. The molecule has 0 atom stereocenters. The summed E-state index contributed by atoms with van der Waals surface area (Å²) < 4.78 is 0. The summed E-state index contributed by atoms with van der Waals surface area (Å²) in [5.41, 5.74) is 5.12. The van der Waals surface area contributed by atoms with Gasteiger partial charge in [-0.2, -0.15) is 0 Å². The van der Waals surface area contributed by atoms with Crippen molar-refractivity contribution in [3.8, 4) is 0 Å². The number of hydrogen-bond donors (Lipinski definition) is 1. The topological polar surface area (TPSA) is 38.9 Å². The van der Waals surface area contributed by atoms with E-state index in [1.165, 1.54) is 17.9 Å². The van der Waals surface area contributed by atoms with Crippen molar-refractivity contribution in [2.45, 2.75) is 0 Å². The Labute approximate surface area is 46.0 Å². The van der Waals surface area contributed by atoms with E-state index >= 15 is 0 Å². The Kier molecular flexibility index (Phi) is 1.38. The fourth-order valence-corrected chi connectivity index (χ4v) is 0.778. The molecule has 2 N–H and O–H groups in total. The molecule has 1 heterocycles. The first kappa shape index (κ1) is 4.74. The number of hydrogen-bond acceptors (Lipinski definition) is 3. The van der Waals surface area contributed by atoms with Crippen molar-refractivity contribution in [3.05, 3.63) is 23.1 Å². The zero-order valence-corrected chi connectivity index (χ0v) is 4.48. The molecular weight excluding hydrogens is 108 g/mol. The molecule has 1 rings (SSSR count). The number of aromatic nitrogens is 1. The van der Waals surface area contributed by atoms with Crippen molar-refractivity contribution in [3.63, 3.8) is 0 Å². The first-order valence-corrected chi connectivity index (χ1v) is 2.76. The number of nitrogens with two attached hydrogens (primary N) is 1. The predicted octanol–water partition coefficient (Wildman–Crippen LogP) is 0.612. The highest BCUT2D eigenvalue weighted by Crippen LogP contribution is 2.01.